The number of nitrogens with two attached hydrogens (primary N) is 1. The van der Waals surface area contributed by atoms with Gasteiger partial charge in [0.05, 0.1) is 0 Å². The first-order valence-corrected chi connectivity index (χ1v) is 7.56. The van der Waals surface area contributed by atoms with Gasteiger partial charge in [-0.15, -0.1) is 0 Å². The molecule has 3 N–H and O–H groups in total. The van der Waals surface area contributed by atoms with Crippen molar-refractivity contribution in [2.75, 3.05) is 0 Å². The second kappa shape index (κ2) is 6.37. The summed E-state index contributed by atoms with van der Waals surface area (Å²) in [6.45, 7) is 0. The predicted molar refractivity (Wildman–Crippen MR) is 83.3 cm³/mol. The molecule has 0 aromatic heterocycles. The van der Waals surface area contributed by atoms with Crippen LogP contribution in [0.1, 0.15) is 35.4 Å². The molecule has 0 heterocycles. The molecule has 1 aliphatic rings. The Labute approximate surface area is 125 Å². The summed E-state index contributed by atoms with van der Waals surface area (Å²) in [6.07, 6.45) is 4.31. The van der Waals surface area contributed by atoms with Gasteiger partial charge in [-0.2, -0.15) is 0 Å². The average Bonchev–Trinajstić information content (AvgIpc) is 2.54. The van der Waals surface area contributed by atoms with Crippen LogP contribution in [-0.4, -0.2) is 6.04 Å². The van der Waals surface area contributed by atoms with Crippen LogP contribution in [0.4, 0.5) is 4.39 Å². The molecule has 3 rings (SSSR count). The Kier molecular flexibility index (Phi) is 4.32. The first-order chi connectivity index (χ1) is 10.3. The van der Waals surface area contributed by atoms with Gasteiger partial charge in [-0.1, -0.05) is 36.4 Å². The minimum Gasteiger partial charge on any atom is -0.271 e. The Balaban J connectivity index is 1.82. The van der Waals surface area contributed by atoms with Crippen LogP contribution >= 0.6 is 0 Å². The van der Waals surface area contributed by atoms with Crippen LogP contribution in [0.2, 0.25) is 0 Å². The van der Waals surface area contributed by atoms with Crippen molar-refractivity contribution >= 4 is 0 Å². The molecule has 2 unspecified atom stereocenters. The summed E-state index contributed by atoms with van der Waals surface area (Å²) >= 11 is 0. The first kappa shape index (κ1) is 14.2. The van der Waals surface area contributed by atoms with E-state index in [9.17, 15) is 4.39 Å². The Morgan fingerprint density at radius 3 is 2.67 bits per heavy atom. The fraction of sp³-hybridized carbons (Fsp3) is 0.333. The average molecular weight is 284 g/mol. The van der Waals surface area contributed by atoms with Crippen molar-refractivity contribution in [3.63, 3.8) is 0 Å². The number of benzene rings is 2. The Bertz CT molecular complexity index is 594. The zero-order valence-electron chi connectivity index (χ0n) is 12.1. The highest BCUT2D eigenvalue weighted by Gasteiger charge is 2.27. The van der Waals surface area contributed by atoms with Crippen LogP contribution in [-0.2, 0) is 12.8 Å². The molecular weight excluding hydrogens is 263 g/mol. The molecule has 0 aliphatic heterocycles. The van der Waals surface area contributed by atoms with Crippen molar-refractivity contribution in [2.24, 2.45) is 5.84 Å². The molecular formula is C18H21FN2. The Morgan fingerprint density at radius 2 is 1.90 bits per heavy atom. The van der Waals surface area contributed by atoms with Gasteiger partial charge >= 0.3 is 0 Å². The molecule has 1 aliphatic carbocycles. The van der Waals surface area contributed by atoms with Crippen LogP contribution in [0.3, 0.4) is 0 Å². The quantitative estimate of drug-likeness (QED) is 0.667. The van der Waals surface area contributed by atoms with Gasteiger partial charge in [0.15, 0.2) is 0 Å². The third-order valence-electron chi connectivity index (χ3n) is 4.48. The van der Waals surface area contributed by atoms with Crippen LogP contribution in [0, 0.1) is 5.82 Å². The number of hydrazine groups is 1. The number of hydrogen-bond acceptors (Lipinski definition) is 2. The van der Waals surface area contributed by atoms with E-state index in [-0.39, 0.29) is 11.9 Å². The third kappa shape index (κ3) is 3.14. The fourth-order valence-electron chi connectivity index (χ4n) is 3.40. The monoisotopic (exact) mass is 284 g/mol. The molecule has 0 saturated carbocycles. The number of halogens is 1. The lowest BCUT2D eigenvalue weighted by Crippen LogP contribution is -2.42. The summed E-state index contributed by atoms with van der Waals surface area (Å²) in [5, 5.41) is 0. The van der Waals surface area contributed by atoms with Gasteiger partial charge in [0.2, 0.25) is 0 Å². The lowest BCUT2D eigenvalue weighted by molar-refractivity contribution is 0.395. The van der Waals surface area contributed by atoms with E-state index in [0.29, 0.717) is 5.92 Å². The van der Waals surface area contributed by atoms with E-state index >= 15 is 0 Å². The maximum Gasteiger partial charge on any atom is 0.123 e. The third-order valence-corrected chi connectivity index (χ3v) is 4.48. The van der Waals surface area contributed by atoms with Crippen molar-refractivity contribution < 1.29 is 4.39 Å². The van der Waals surface area contributed by atoms with E-state index in [2.05, 4.69) is 29.7 Å². The van der Waals surface area contributed by atoms with Crippen molar-refractivity contribution in [2.45, 2.75) is 37.6 Å². The number of aryl methyl sites for hydroxylation is 1. The van der Waals surface area contributed by atoms with E-state index in [1.54, 1.807) is 0 Å². The second-order valence-corrected chi connectivity index (χ2v) is 5.80. The second-order valence-electron chi connectivity index (χ2n) is 5.80. The van der Waals surface area contributed by atoms with E-state index < -0.39 is 0 Å². The summed E-state index contributed by atoms with van der Waals surface area (Å²) in [5.41, 5.74) is 6.94. The predicted octanol–water partition coefficient (Wildman–Crippen LogP) is 3.32. The van der Waals surface area contributed by atoms with Crippen LogP contribution in [0.15, 0.2) is 48.5 Å². The summed E-state index contributed by atoms with van der Waals surface area (Å²) in [5.74, 6) is 6.04. The van der Waals surface area contributed by atoms with Gasteiger partial charge in [-0.25, -0.2) is 4.39 Å². The van der Waals surface area contributed by atoms with Crippen molar-refractivity contribution in [3.8, 4) is 0 Å². The number of fused-ring (bicyclic) bond motifs is 1. The molecule has 0 radical (unpaired) electrons. The molecule has 110 valence electrons. The minimum atomic E-state index is -0.195. The molecule has 2 nitrogen and oxygen atoms in total. The molecule has 21 heavy (non-hydrogen) atoms. The molecule has 0 spiro atoms. The lowest BCUT2D eigenvalue weighted by atomic mass is 9.77. The van der Waals surface area contributed by atoms with E-state index in [0.717, 1.165) is 24.8 Å². The molecule has 2 aromatic rings. The zero-order chi connectivity index (χ0) is 14.7. The standard InChI is InChI=1S/C18H21FN2/c19-15-10-8-13(9-11-15)12-18(21-20)17-7-3-5-14-4-1-2-6-16(14)17/h1-2,4,6,8-11,17-18,21H,3,5,7,12,20H2. The van der Waals surface area contributed by atoms with Crippen molar-refractivity contribution in [1.82, 2.24) is 5.43 Å². The van der Waals surface area contributed by atoms with Crippen LogP contribution in [0.5, 0.6) is 0 Å². The summed E-state index contributed by atoms with van der Waals surface area (Å²) in [4.78, 5) is 0. The number of hydrogen-bond donors (Lipinski definition) is 2. The number of rotatable bonds is 4. The largest absolute Gasteiger partial charge is 0.271 e. The van der Waals surface area contributed by atoms with Gasteiger partial charge in [-0.05, 0) is 54.5 Å². The summed E-state index contributed by atoms with van der Waals surface area (Å²) in [7, 11) is 0. The molecule has 0 fully saturated rings. The maximum atomic E-state index is 13.0. The Morgan fingerprint density at radius 1 is 1.14 bits per heavy atom. The van der Waals surface area contributed by atoms with Gasteiger partial charge in [0, 0.05) is 12.0 Å². The van der Waals surface area contributed by atoms with Gasteiger partial charge < -0.3 is 0 Å². The molecule has 0 saturated heterocycles. The molecule has 0 bridgehead atoms. The lowest BCUT2D eigenvalue weighted by Gasteiger charge is -2.32. The van der Waals surface area contributed by atoms with Crippen molar-refractivity contribution in [3.05, 3.63) is 71.0 Å². The fourth-order valence-corrected chi connectivity index (χ4v) is 3.40. The topological polar surface area (TPSA) is 38.0 Å². The SMILES string of the molecule is NNC(Cc1ccc(F)cc1)C1CCCc2ccccc21. The molecule has 2 atom stereocenters. The zero-order valence-corrected chi connectivity index (χ0v) is 12.1. The summed E-state index contributed by atoms with van der Waals surface area (Å²) in [6, 6.07) is 15.5. The highest BCUT2D eigenvalue weighted by molar-refractivity contribution is 5.34. The molecule has 0 amide bonds. The highest BCUT2D eigenvalue weighted by atomic mass is 19.1. The normalized spacial score (nSPS) is 19.0. The van der Waals surface area contributed by atoms with E-state index in [1.165, 1.54) is 29.7 Å². The molecule has 3 heteroatoms. The maximum absolute atomic E-state index is 13.0. The number of nitrogens with one attached hydrogen (secondary N) is 1. The minimum absolute atomic E-state index is 0.178. The molecule has 2 aromatic carbocycles. The van der Waals surface area contributed by atoms with Gasteiger partial charge in [0.1, 0.15) is 5.82 Å². The Hall–Kier alpha value is -1.71. The summed E-state index contributed by atoms with van der Waals surface area (Å²) < 4.78 is 13.0. The van der Waals surface area contributed by atoms with Crippen molar-refractivity contribution in [1.29, 1.82) is 0 Å². The van der Waals surface area contributed by atoms with Gasteiger partial charge in [-0.3, -0.25) is 11.3 Å². The van der Waals surface area contributed by atoms with E-state index in [1.807, 2.05) is 12.1 Å². The van der Waals surface area contributed by atoms with Crippen LogP contribution < -0.4 is 11.3 Å². The van der Waals surface area contributed by atoms with E-state index in [4.69, 9.17) is 5.84 Å². The smallest absolute Gasteiger partial charge is 0.123 e. The van der Waals surface area contributed by atoms with Gasteiger partial charge in [0.25, 0.3) is 0 Å². The highest BCUT2D eigenvalue weighted by Crippen LogP contribution is 2.34. The first-order valence-electron chi connectivity index (χ1n) is 7.56. The van der Waals surface area contributed by atoms with Crippen LogP contribution in [0.25, 0.3) is 0 Å².